The fourth-order valence-electron chi connectivity index (χ4n) is 4.87. The average molecular weight is 398 g/mol. The predicted octanol–water partition coefficient (Wildman–Crippen LogP) is 3.32. The van der Waals surface area contributed by atoms with Gasteiger partial charge in [-0.05, 0) is 55.8 Å². The molecule has 2 atom stereocenters. The van der Waals surface area contributed by atoms with Crippen LogP contribution in [-0.4, -0.2) is 57.0 Å². The van der Waals surface area contributed by atoms with Gasteiger partial charge in [0.25, 0.3) is 0 Å². The molecule has 3 aliphatic rings. The van der Waals surface area contributed by atoms with E-state index in [-0.39, 0.29) is 5.92 Å². The molecule has 2 aliphatic heterocycles. The molecule has 6 heteroatoms. The number of nitrogens with one attached hydrogen (secondary N) is 1. The number of aliphatic imine (C=N–C) groups is 1. The highest BCUT2D eigenvalue weighted by molar-refractivity contribution is 7.91. The SMILES string of the molecule is CC(C)C1CCCN(C(=NCC2CCS(=O)(=O)C2)NCC2CCCCC2)C1. The molecule has 0 aromatic carbocycles. The number of hydrogen-bond donors (Lipinski definition) is 1. The van der Waals surface area contributed by atoms with Crippen LogP contribution >= 0.6 is 0 Å². The van der Waals surface area contributed by atoms with E-state index >= 15 is 0 Å². The Morgan fingerprint density at radius 2 is 1.85 bits per heavy atom. The molecular formula is C21H39N3O2S. The summed E-state index contributed by atoms with van der Waals surface area (Å²) in [6, 6.07) is 0. The molecule has 5 nitrogen and oxygen atoms in total. The van der Waals surface area contributed by atoms with Gasteiger partial charge in [-0.25, -0.2) is 8.42 Å². The van der Waals surface area contributed by atoms with E-state index in [0.29, 0.717) is 24.0 Å². The molecule has 0 amide bonds. The third kappa shape index (κ3) is 6.37. The van der Waals surface area contributed by atoms with Crippen LogP contribution in [0.2, 0.25) is 0 Å². The Balaban J connectivity index is 1.62. The van der Waals surface area contributed by atoms with Gasteiger partial charge in [-0.1, -0.05) is 33.1 Å². The zero-order valence-electron chi connectivity index (χ0n) is 17.3. The van der Waals surface area contributed by atoms with Crippen molar-refractivity contribution in [2.24, 2.45) is 28.7 Å². The zero-order chi connectivity index (χ0) is 19.3. The standard InChI is InChI=1S/C21H39N3O2S/c1-17(2)20-9-6-11-24(15-20)21(22-13-18-7-4-3-5-8-18)23-14-19-10-12-27(25,26)16-19/h17-20H,3-16H2,1-2H3,(H,22,23). The topological polar surface area (TPSA) is 61.8 Å². The molecule has 1 saturated carbocycles. The fraction of sp³-hybridized carbons (Fsp3) is 0.952. The number of sulfone groups is 1. The van der Waals surface area contributed by atoms with Crippen LogP contribution in [0.5, 0.6) is 0 Å². The maximum absolute atomic E-state index is 11.8. The van der Waals surface area contributed by atoms with E-state index < -0.39 is 9.84 Å². The summed E-state index contributed by atoms with van der Waals surface area (Å²) in [6.45, 7) is 8.47. The van der Waals surface area contributed by atoms with Gasteiger partial charge in [0.1, 0.15) is 0 Å². The molecule has 0 aromatic heterocycles. The Hall–Kier alpha value is -0.780. The molecule has 2 saturated heterocycles. The van der Waals surface area contributed by atoms with Crippen LogP contribution in [0, 0.1) is 23.7 Å². The number of guanidine groups is 1. The molecule has 0 bridgehead atoms. The quantitative estimate of drug-likeness (QED) is 0.571. The maximum atomic E-state index is 11.8. The van der Waals surface area contributed by atoms with Gasteiger partial charge < -0.3 is 10.2 Å². The van der Waals surface area contributed by atoms with Crippen molar-refractivity contribution in [1.82, 2.24) is 10.2 Å². The lowest BCUT2D eigenvalue weighted by Gasteiger charge is -2.37. The number of likely N-dealkylation sites (tertiary alicyclic amines) is 1. The Labute approximate surface area is 166 Å². The van der Waals surface area contributed by atoms with Crippen molar-refractivity contribution < 1.29 is 8.42 Å². The molecule has 0 radical (unpaired) electrons. The second-order valence-electron chi connectivity index (χ2n) is 9.41. The normalized spacial score (nSPS) is 30.0. The Morgan fingerprint density at radius 3 is 2.52 bits per heavy atom. The van der Waals surface area contributed by atoms with E-state index in [1.54, 1.807) is 0 Å². The van der Waals surface area contributed by atoms with Crippen LogP contribution in [0.3, 0.4) is 0 Å². The summed E-state index contributed by atoms with van der Waals surface area (Å²) in [4.78, 5) is 7.39. The second kappa shape index (κ2) is 9.62. The molecule has 3 rings (SSSR count). The van der Waals surface area contributed by atoms with Gasteiger partial charge in [0.05, 0.1) is 11.5 Å². The molecular weight excluding hydrogens is 358 g/mol. The van der Waals surface area contributed by atoms with Crippen molar-refractivity contribution >= 4 is 15.8 Å². The third-order valence-electron chi connectivity index (χ3n) is 6.80. The van der Waals surface area contributed by atoms with E-state index in [1.807, 2.05) is 0 Å². The van der Waals surface area contributed by atoms with E-state index in [4.69, 9.17) is 4.99 Å². The minimum atomic E-state index is -2.82. The summed E-state index contributed by atoms with van der Waals surface area (Å²) in [5.74, 6) is 4.10. The first-order valence-electron chi connectivity index (χ1n) is 11.2. The lowest BCUT2D eigenvalue weighted by atomic mass is 9.88. The Bertz CT molecular complexity index is 597. The predicted molar refractivity (Wildman–Crippen MR) is 113 cm³/mol. The number of hydrogen-bond acceptors (Lipinski definition) is 3. The lowest BCUT2D eigenvalue weighted by molar-refractivity contribution is 0.205. The van der Waals surface area contributed by atoms with E-state index in [2.05, 4.69) is 24.1 Å². The van der Waals surface area contributed by atoms with Crippen molar-refractivity contribution in [3.8, 4) is 0 Å². The minimum absolute atomic E-state index is 0.201. The largest absolute Gasteiger partial charge is 0.356 e. The molecule has 3 fully saturated rings. The van der Waals surface area contributed by atoms with Crippen molar-refractivity contribution in [2.75, 3.05) is 37.7 Å². The monoisotopic (exact) mass is 397 g/mol. The Kier molecular flexibility index (Phi) is 7.46. The number of nitrogens with zero attached hydrogens (tertiary/aromatic N) is 2. The molecule has 2 heterocycles. The van der Waals surface area contributed by atoms with Crippen LogP contribution in [0.1, 0.15) is 65.2 Å². The number of piperidine rings is 1. The van der Waals surface area contributed by atoms with Gasteiger partial charge in [-0.2, -0.15) is 0 Å². The Morgan fingerprint density at radius 1 is 1.07 bits per heavy atom. The first-order chi connectivity index (χ1) is 12.9. The minimum Gasteiger partial charge on any atom is -0.356 e. The van der Waals surface area contributed by atoms with Crippen molar-refractivity contribution in [3.63, 3.8) is 0 Å². The van der Waals surface area contributed by atoms with E-state index in [9.17, 15) is 8.42 Å². The van der Waals surface area contributed by atoms with Gasteiger partial charge in [-0.3, -0.25) is 4.99 Å². The summed E-state index contributed by atoms with van der Waals surface area (Å²) in [5, 5.41) is 3.69. The molecule has 2 unspecified atom stereocenters. The van der Waals surface area contributed by atoms with Gasteiger partial charge in [-0.15, -0.1) is 0 Å². The number of rotatable bonds is 5. The summed E-state index contributed by atoms with van der Waals surface area (Å²) >= 11 is 0. The highest BCUT2D eigenvalue weighted by atomic mass is 32.2. The van der Waals surface area contributed by atoms with Crippen molar-refractivity contribution in [2.45, 2.75) is 65.2 Å². The first-order valence-corrected chi connectivity index (χ1v) is 13.0. The van der Waals surface area contributed by atoms with Crippen LogP contribution in [-0.2, 0) is 9.84 Å². The molecule has 156 valence electrons. The highest BCUT2D eigenvalue weighted by Gasteiger charge is 2.29. The summed E-state index contributed by atoms with van der Waals surface area (Å²) in [7, 11) is -2.82. The van der Waals surface area contributed by atoms with Gasteiger partial charge in [0.15, 0.2) is 15.8 Å². The third-order valence-corrected chi connectivity index (χ3v) is 8.64. The second-order valence-corrected chi connectivity index (χ2v) is 11.6. The van der Waals surface area contributed by atoms with Gasteiger partial charge in [0.2, 0.25) is 0 Å². The zero-order valence-corrected chi connectivity index (χ0v) is 18.1. The molecule has 0 aromatic rings. The first kappa shape index (κ1) is 20.9. The van der Waals surface area contributed by atoms with E-state index in [1.165, 1.54) is 44.9 Å². The van der Waals surface area contributed by atoms with Crippen molar-refractivity contribution in [1.29, 1.82) is 0 Å². The molecule has 0 spiro atoms. The maximum Gasteiger partial charge on any atom is 0.193 e. The summed E-state index contributed by atoms with van der Waals surface area (Å²) in [5.41, 5.74) is 0. The van der Waals surface area contributed by atoms with Gasteiger partial charge >= 0.3 is 0 Å². The van der Waals surface area contributed by atoms with Gasteiger partial charge in [0, 0.05) is 26.2 Å². The highest BCUT2D eigenvalue weighted by Crippen LogP contribution is 2.25. The fourth-order valence-corrected chi connectivity index (χ4v) is 6.72. The lowest BCUT2D eigenvalue weighted by Crippen LogP contribution is -2.48. The van der Waals surface area contributed by atoms with E-state index in [0.717, 1.165) is 43.9 Å². The molecule has 1 aliphatic carbocycles. The summed E-state index contributed by atoms with van der Waals surface area (Å²) < 4.78 is 23.5. The molecule has 1 N–H and O–H groups in total. The van der Waals surface area contributed by atoms with Crippen LogP contribution in [0.25, 0.3) is 0 Å². The van der Waals surface area contributed by atoms with Crippen LogP contribution < -0.4 is 5.32 Å². The van der Waals surface area contributed by atoms with Crippen LogP contribution in [0.4, 0.5) is 0 Å². The average Bonchev–Trinajstić information content (AvgIpc) is 3.01. The van der Waals surface area contributed by atoms with Crippen molar-refractivity contribution in [3.05, 3.63) is 0 Å². The smallest absolute Gasteiger partial charge is 0.193 e. The molecule has 27 heavy (non-hydrogen) atoms. The summed E-state index contributed by atoms with van der Waals surface area (Å²) in [6.07, 6.45) is 10.1. The van der Waals surface area contributed by atoms with Crippen LogP contribution in [0.15, 0.2) is 4.99 Å².